The fourth-order valence-corrected chi connectivity index (χ4v) is 4.86. The first-order valence-corrected chi connectivity index (χ1v) is 11.1. The molecule has 1 N–H and O–H groups in total. The van der Waals surface area contributed by atoms with Crippen LogP contribution in [0.25, 0.3) is 16.6 Å². The van der Waals surface area contributed by atoms with Crippen molar-refractivity contribution in [2.45, 2.75) is 44.9 Å². The van der Waals surface area contributed by atoms with Gasteiger partial charge in [-0.15, -0.1) is 0 Å². The first-order valence-electron chi connectivity index (χ1n) is 11.1. The van der Waals surface area contributed by atoms with Crippen molar-refractivity contribution in [3.05, 3.63) is 42.4 Å². The molecule has 0 aliphatic carbocycles. The Morgan fingerprint density at radius 1 is 1.25 bits per heavy atom. The van der Waals surface area contributed by atoms with Gasteiger partial charge >= 0.3 is 0 Å². The number of nitrogens with zero attached hydrogens (tertiary/aromatic N) is 6. The molecule has 3 saturated heterocycles. The molecule has 2 atom stereocenters. The fraction of sp³-hybridized carbons (Fsp3) is 0.458. The molecule has 6 heterocycles. The maximum absolute atomic E-state index is 10.0. The lowest BCUT2D eigenvalue weighted by Gasteiger charge is -2.56. The third-order valence-electron chi connectivity index (χ3n) is 6.39. The van der Waals surface area contributed by atoms with Crippen LogP contribution in [-0.4, -0.2) is 68.5 Å². The molecule has 0 saturated carbocycles. The summed E-state index contributed by atoms with van der Waals surface area (Å²) in [5.41, 5.74) is 1.97. The van der Waals surface area contributed by atoms with E-state index in [1.54, 1.807) is 30.8 Å². The summed E-state index contributed by atoms with van der Waals surface area (Å²) in [5.74, 6) is 1.56. The van der Waals surface area contributed by atoms with Gasteiger partial charge in [0.2, 0.25) is 0 Å². The molecule has 3 fully saturated rings. The van der Waals surface area contributed by atoms with E-state index < -0.39 is 5.60 Å². The van der Waals surface area contributed by atoms with Gasteiger partial charge in [-0.25, -0.2) is 9.50 Å². The molecule has 0 radical (unpaired) electrons. The molecular formula is C24H28N6O2. The molecule has 3 aliphatic rings. The number of piperidine rings is 1. The van der Waals surface area contributed by atoms with Crippen molar-refractivity contribution in [1.29, 1.82) is 5.26 Å². The molecule has 3 aromatic heterocycles. The molecule has 3 aliphatic heterocycles. The minimum Gasteiger partial charge on any atom is -0.489 e. The average molecular weight is 433 g/mol. The van der Waals surface area contributed by atoms with E-state index in [0.717, 1.165) is 42.1 Å². The predicted octanol–water partition coefficient (Wildman–Crippen LogP) is 2.70. The molecule has 6 rings (SSSR count). The molecule has 0 spiro atoms. The van der Waals surface area contributed by atoms with Crippen LogP contribution in [0, 0.1) is 11.3 Å². The van der Waals surface area contributed by atoms with Crippen LogP contribution in [0.15, 0.2) is 36.8 Å². The van der Waals surface area contributed by atoms with Crippen molar-refractivity contribution in [2.24, 2.45) is 0 Å². The molecule has 8 nitrogen and oxygen atoms in total. The Morgan fingerprint density at radius 3 is 2.66 bits per heavy atom. The van der Waals surface area contributed by atoms with E-state index in [-0.39, 0.29) is 6.61 Å². The van der Waals surface area contributed by atoms with Gasteiger partial charge in [-0.05, 0) is 45.0 Å². The summed E-state index contributed by atoms with van der Waals surface area (Å²) >= 11 is 0. The molecule has 8 heteroatoms. The fourth-order valence-electron chi connectivity index (χ4n) is 4.86. The molecule has 2 bridgehead atoms. The number of ether oxygens (including phenoxy) is 1. The number of anilines is 1. The lowest BCUT2D eigenvalue weighted by atomic mass is 9.87. The van der Waals surface area contributed by atoms with Crippen molar-refractivity contribution in [3.63, 3.8) is 0 Å². The van der Waals surface area contributed by atoms with Gasteiger partial charge in [0, 0.05) is 42.5 Å². The highest BCUT2D eigenvalue weighted by Gasteiger charge is 2.43. The summed E-state index contributed by atoms with van der Waals surface area (Å²) in [4.78, 5) is 9.70. The number of pyridine rings is 2. The Bertz CT molecular complexity index is 1160. The summed E-state index contributed by atoms with van der Waals surface area (Å²) in [5, 5.41) is 23.9. The van der Waals surface area contributed by atoms with Crippen molar-refractivity contribution < 1.29 is 9.84 Å². The zero-order chi connectivity index (χ0) is 22.5. The predicted molar refractivity (Wildman–Crippen MR) is 122 cm³/mol. The first kappa shape index (κ1) is 20.7. The number of piperazine rings is 1. The Labute approximate surface area is 187 Å². The van der Waals surface area contributed by atoms with Crippen LogP contribution in [0.2, 0.25) is 0 Å². The third kappa shape index (κ3) is 3.68. The van der Waals surface area contributed by atoms with Gasteiger partial charge in [0.25, 0.3) is 0 Å². The topological polar surface area (TPSA) is 89.9 Å². The second kappa shape index (κ2) is 7.76. The van der Waals surface area contributed by atoms with Crippen LogP contribution in [0.3, 0.4) is 0 Å². The van der Waals surface area contributed by atoms with Gasteiger partial charge in [-0.1, -0.05) is 6.92 Å². The number of aromatic nitrogens is 3. The molecule has 3 aromatic rings. The molecule has 0 amide bonds. The second-order valence-electron chi connectivity index (χ2n) is 9.34. The van der Waals surface area contributed by atoms with E-state index in [1.165, 1.54) is 6.42 Å². The van der Waals surface area contributed by atoms with Gasteiger partial charge in [0.1, 0.15) is 24.2 Å². The highest BCUT2D eigenvalue weighted by molar-refractivity contribution is 5.85. The van der Waals surface area contributed by atoms with Crippen molar-refractivity contribution in [1.82, 2.24) is 19.5 Å². The van der Waals surface area contributed by atoms with Gasteiger partial charge in [-0.3, -0.25) is 4.90 Å². The zero-order valence-corrected chi connectivity index (χ0v) is 18.7. The summed E-state index contributed by atoms with van der Waals surface area (Å²) in [7, 11) is 0. The summed E-state index contributed by atoms with van der Waals surface area (Å²) in [6.45, 7) is 8.92. The van der Waals surface area contributed by atoms with Crippen LogP contribution in [0.5, 0.6) is 5.75 Å². The average Bonchev–Trinajstić information content (AvgIpc) is 3.20. The summed E-state index contributed by atoms with van der Waals surface area (Å²) < 4.78 is 7.46. The number of aliphatic hydroxyl groups is 1. The Balaban J connectivity index is 1.45. The van der Waals surface area contributed by atoms with Gasteiger partial charge in [0.15, 0.2) is 0 Å². The number of likely N-dealkylation sites (N-methyl/N-ethyl adjacent to an activating group) is 1. The molecule has 0 aromatic carbocycles. The Kier molecular flexibility index (Phi) is 5.03. The van der Waals surface area contributed by atoms with E-state index in [2.05, 4.69) is 34.0 Å². The largest absolute Gasteiger partial charge is 0.489 e. The lowest BCUT2D eigenvalue weighted by molar-refractivity contribution is 0.00438. The SMILES string of the molecule is CCN1C2CC1CN(c1ccc(-c3cc(OCC(C)(C)O)cn4ncc(C#N)c34)cn1)C2. The minimum absolute atomic E-state index is 0.146. The zero-order valence-electron chi connectivity index (χ0n) is 18.7. The van der Waals surface area contributed by atoms with Crippen LogP contribution in [-0.2, 0) is 0 Å². The second-order valence-corrected chi connectivity index (χ2v) is 9.34. The summed E-state index contributed by atoms with van der Waals surface area (Å²) in [6.07, 6.45) is 6.43. The minimum atomic E-state index is -0.956. The van der Waals surface area contributed by atoms with E-state index in [9.17, 15) is 10.4 Å². The number of fused-ring (bicyclic) bond motifs is 3. The Morgan fingerprint density at radius 2 is 2.03 bits per heavy atom. The van der Waals surface area contributed by atoms with Crippen molar-refractivity contribution in [2.75, 3.05) is 31.1 Å². The van der Waals surface area contributed by atoms with E-state index >= 15 is 0 Å². The van der Waals surface area contributed by atoms with E-state index in [0.29, 0.717) is 23.4 Å². The normalized spacial score (nSPS) is 20.8. The molecule has 2 unspecified atom stereocenters. The van der Waals surface area contributed by atoms with Crippen LogP contribution in [0.1, 0.15) is 32.8 Å². The lowest BCUT2D eigenvalue weighted by Crippen LogP contribution is -2.68. The van der Waals surface area contributed by atoms with Crippen LogP contribution < -0.4 is 9.64 Å². The Hall–Kier alpha value is -3.15. The number of hydrogen-bond donors (Lipinski definition) is 1. The summed E-state index contributed by atoms with van der Waals surface area (Å²) in [6, 6.07) is 9.47. The van der Waals surface area contributed by atoms with Crippen molar-refractivity contribution >= 4 is 11.3 Å². The van der Waals surface area contributed by atoms with E-state index in [1.807, 2.05) is 18.3 Å². The number of rotatable bonds is 6. The maximum Gasteiger partial charge on any atom is 0.138 e. The number of hydrogen-bond acceptors (Lipinski definition) is 7. The maximum atomic E-state index is 10.0. The monoisotopic (exact) mass is 432 g/mol. The van der Waals surface area contributed by atoms with Crippen LogP contribution >= 0.6 is 0 Å². The van der Waals surface area contributed by atoms with Crippen LogP contribution in [0.4, 0.5) is 5.82 Å². The van der Waals surface area contributed by atoms with Gasteiger partial charge in [0.05, 0.1) is 29.1 Å². The standard InChI is InChI=1S/C24H28N6O2/c1-4-29-18-7-19(29)13-28(12-18)22-6-5-16(10-26-22)21-8-20(32-15-24(2,3)31)14-30-23(21)17(9-25)11-27-30/h5-6,8,10-11,14,18-19,31H,4,7,12-13,15H2,1-3H3. The van der Waals surface area contributed by atoms with E-state index in [4.69, 9.17) is 9.72 Å². The quantitative estimate of drug-likeness (QED) is 0.640. The third-order valence-corrected chi connectivity index (χ3v) is 6.39. The first-order chi connectivity index (χ1) is 15.4. The highest BCUT2D eigenvalue weighted by Crippen LogP contribution is 2.35. The van der Waals surface area contributed by atoms with Gasteiger partial charge in [-0.2, -0.15) is 10.4 Å². The molecular weight excluding hydrogens is 404 g/mol. The highest BCUT2D eigenvalue weighted by atomic mass is 16.5. The molecule has 166 valence electrons. The number of nitriles is 1. The smallest absolute Gasteiger partial charge is 0.138 e. The van der Waals surface area contributed by atoms with Gasteiger partial charge < -0.3 is 14.7 Å². The van der Waals surface area contributed by atoms with Crippen molar-refractivity contribution in [3.8, 4) is 22.9 Å². The molecule has 32 heavy (non-hydrogen) atoms.